The molecule has 0 aromatic rings. The minimum atomic E-state index is -2.73. The molecule has 0 bridgehead atoms. The van der Waals surface area contributed by atoms with Crippen molar-refractivity contribution in [1.29, 1.82) is 0 Å². The van der Waals surface area contributed by atoms with Crippen molar-refractivity contribution < 1.29 is 8.78 Å². The van der Waals surface area contributed by atoms with Crippen molar-refractivity contribution >= 4 is 0 Å². The van der Waals surface area contributed by atoms with Gasteiger partial charge in [-0.05, 0) is 14.1 Å². The van der Waals surface area contributed by atoms with Gasteiger partial charge in [0.1, 0.15) is 0 Å². The van der Waals surface area contributed by atoms with E-state index in [1.165, 1.54) is 34.9 Å². The summed E-state index contributed by atoms with van der Waals surface area (Å²) in [5.41, 5.74) is -0.990. The molecule has 0 heterocycles. The third-order valence-corrected chi connectivity index (χ3v) is 1.46. The van der Waals surface area contributed by atoms with Gasteiger partial charge in [0.25, 0.3) is 0 Å². The smallest absolute Gasteiger partial charge is 0.250 e. The number of rotatable bonds is 1. The van der Waals surface area contributed by atoms with Crippen molar-refractivity contribution in [3.63, 3.8) is 0 Å². The molecule has 0 atom stereocenters. The summed E-state index contributed by atoms with van der Waals surface area (Å²) < 4.78 is 26.0. The molecular weight excluding hydrogens is 136 g/mol. The molecule has 0 radical (unpaired) electrons. The summed E-state index contributed by atoms with van der Waals surface area (Å²) in [6.07, 6.45) is 0. The highest BCUT2D eigenvalue weighted by Crippen LogP contribution is 2.36. The summed E-state index contributed by atoms with van der Waals surface area (Å²) in [6, 6.07) is -2.73. The molecule has 0 N–H and O–H groups in total. The van der Waals surface area contributed by atoms with Gasteiger partial charge in [0.05, 0.1) is 0 Å². The molecule has 0 aliphatic carbocycles. The monoisotopic (exact) mass is 151 g/mol. The van der Waals surface area contributed by atoms with E-state index in [0.29, 0.717) is 0 Å². The highest BCUT2D eigenvalue weighted by Gasteiger charge is 2.44. The van der Waals surface area contributed by atoms with Crippen LogP contribution >= 0.6 is 0 Å². The van der Waals surface area contributed by atoms with E-state index in [2.05, 4.69) is 0 Å². The number of hydrogen-bond acceptors (Lipinski definition) is 1. The average Bonchev–Trinajstić information content (AvgIpc) is 1.62. The first-order valence-electron chi connectivity index (χ1n) is 3.25. The predicted octanol–water partition coefficient (Wildman–Crippen LogP) is 2.19. The Morgan fingerprint density at radius 3 is 1.30 bits per heavy atom. The van der Waals surface area contributed by atoms with Gasteiger partial charge in [-0.3, -0.25) is 4.90 Å². The number of alkyl halides is 2. The van der Waals surface area contributed by atoms with Crippen LogP contribution in [0.2, 0.25) is 0 Å². The van der Waals surface area contributed by atoms with Crippen LogP contribution in [-0.2, 0) is 0 Å². The van der Waals surface area contributed by atoms with E-state index in [4.69, 9.17) is 0 Å². The van der Waals surface area contributed by atoms with Gasteiger partial charge in [0.2, 0.25) is 0 Å². The van der Waals surface area contributed by atoms with Crippen molar-refractivity contribution in [2.24, 2.45) is 5.41 Å². The van der Waals surface area contributed by atoms with E-state index in [1.807, 2.05) is 0 Å². The lowest BCUT2D eigenvalue weighted by Crippen LogP contribution is -2.46. The highest BCUT2D eigenvalue weighted by molar-refractivity contribution is 4.78. The van der Waals surface area contributed by atoms with Crippen molar-refractivity contribution in [3.8, 4) is 0 Å². The van der Waals surface area contributed by atoms with Crippen LogP contribution in [0.5, 0.6) is 0 Å². The third-order valence-electron chi connectivity index (χ3n) is 1.46. The summed E-state index contributed by atoms with van der Waals surface area (Å²) in [4.78, 5) is 0.938. The van der Waals surface area contributed by atoms with E-state index in [1.54, 1.807) is 0 Å². The Labute approximate surface area is 61.0 Å². The summed E-state index contributed by atoms with van der Waals surface area (Å²) in [6.45, 7) is 4.56. The number of hydrogen-bond donors (Lipinski definition) is 0. The van der Waals surface area contributed by atoms with E-state index < -0.39 is 11.5 Å². The Balaban J connectivity index is 4.40. The Kier molecular flexibility index (Phi) is 2.41. The van der Waals surface area contributed by atoms with Crippen LogP contribution in [0.25, 0.3) is 0 Å². The van der Waals surface area contributed by atoms with E-state index >= 15 is 0 Å². The van der Waals surface area contributed by atoms with Crippen LogP contribution in [0.1, 0.15) is 20.8 Å². The van der Waals surface area contributed by atoms with Crippen LogP contribution < -0.4 is 0 Å². The van der Waals surface area contributed by atoms with E-state index in [-0.39, 0.29) is 0 Å². The Hall–Kier alpha value is -0.180. The second kappa shape index (κ2) is 2.46. The van der Waals surface area contributed by atoms with Gasteiger partial charge in [-0.15, -0.1) is 0 Å². The van der Waals surface area contributed by atoms with Crippen molar-refractivity contribution in [2.75, 3.05) is 14.1 Å². The highest BCUT2D eigenvalue weighted by atomic mass is 19.3. The van der Waals surface area contributed by atoms with Gasteiger partial charge in [-0.1, -0.05) is 20.8 Å². The Bertz CT molecular complexity index is 113. The molecule has 0 spiro atoms. The number of halogens is 2. The maximum Gasteiger partial charge on any atom is 0.309 e. The molecule has 0 saturated carbocycles. The Morgan fingerprint density at radius 2 is 1.30 bits per heavy atom. The van der Waals surface area contributed by atoms with Gasteiger partial charge >= 0.3 is 6.05 Å². The van der Waals surface area contributed by atoms with Gasteiger partial charge in [-0.2, -0.15) is 8.78 Å². The lowest BCUT2D eigenvalue weighted by atomic mass is 9.93. The quantitative estimate of drug-likeness (QED) is 0.519. The lowest BCUT2D eigenvalue weighted by molar-refractivity contribution is -0.195. The Morgan fingerprint density at radius 1 is 1.00 bits per heavy atom. The van der Waals surface area contributed by atoms with Crippen molar-refractivity contribution in [1.82, 2.24) is 4.90 Å². The summed E-state index contributed by atoms with van der Waals surface area (Å²) in [5, 5.41) is 0. The minimum Gasteiger partial charge on any atom is -0.250 e. The first-order chi connectivity index (χ1) is 4.19. The molecule has 0 unspecified atom stereocenters. The molecule has 3 heteroatoms. The third kappa shape index (κ3) is 1.66. The topological polar surface area (TPSA) is 3.24 Å². The van der Waals surface area contributed by atoms with Crippen molar-refractivity contribution in [2.45, 2.75) is 26.8 Å². The van der Waals surface area contributed by atoms with Gasteiger partial charge < -0.3 is 0 Å². The largest absolute Gasteiger partial charge is 0.309 e. The zero-order valence-electron chi connectivity index (χ0n) is 7.20. The molecule has 0 amide bonds. The fourth-order valence-corrected chi connectivity index (χ4v) is 0.671. The molecule has 0 aliphatic rings. The zero-order valence-corrected chi connectivity index (χ0v) is 7.20. The maximum atomic E-state index is 13.0. The summed E-state index contributed by atoms with van der Waals surface area (Å²) in [7, 11) is 2.76. The van der Waals surface area contributed by atoms with Crippen LogP contribution in [0.15, 0.2) is 0 Å². The molecule has 0 aromatic carbocycles. The van der Waals surface area contributed by atoms with Crippen LogP contribution in [0.3, 0.4) is 0 Å². The normalized spacial score (nSPS) is 14.4. The SMILES string of the molecule is CN(C)C(F)(F)C(C)(C)C. The fourth-order valence-electron chi connectivity index (χ4n) is 0.671. The molecule has 0 aromatic heterocycles. The second-order valence-corrected chi connectivity index (χ2v) is 3.69. The van der Waals surface area contributed by atoms with E-state index in [0.717, 1.165) is 4.90 Å². The first kappa shape index (κ1) is 9.82. The molecule has 1 nitrogen and oxygen atoms in total. The molecule has 62 valence electrons. The summed E-state index contributed by atoms with van der Waals surface area (Å²) in [5.74, 6) is 0. The summed E-state index contributed by atoms with van der Waals surface area (Å²) >= 11 is 0. The molecule has 0 aliphatic heterocycles. The van der Waals surface area contributed by atoms with E-state index in [9.17, 15) is 8.78 Å². The minimum absolute atomic E-state index is 0.938. The van der Waals surface area contributed by atoms with Crippen LogP contribution in [0.4, 0.5) is 8.78 Å². The standard InChI is InChI=1S/C7H15F2N/c1-6(2,3)7(8,9)10(4)5/h1-5H3. The van der Waals surface area contributed by atoms with Crippen LogP contribution in [-0.4, -0.2) is 25.0 Å². The van der Waals surface area contributed by atoms with Gasteiger partial charge in [-0.25, -0.2) is 0 Å². The molecule has 0 fully saturated rings. The number of nitrogens with zero attached hydrogens (tertiary/aromatic N) is 1. The molecule has 0 rings (SSSR count). The fraction of sp³-hybridized carbons (Fsp3) is 1.00. The average molecular weight is 151 g/mol. The maximum absolute atomic E-state index is 13.0. The predicted molar refractivity (Wildman–Crippen MR) is 38.1 cm³/mol. The molecular formula is C7H15F2N. The first-order valence-corrected chi connectivity index (χ1v) is 3.25. The molecule has 0 saturated heterocycles. The van der Waals surface area contributed by atoms with Crippen LogP contribution in [0, 0.1) is 5.41 Å². The van der Waals surface area contributed by atoms with Gasteiger partial charge in [0.15, 0.2) is 0 Å². The van der Waals surface area contributed by atoms with Crippen molar-refractivity contribution in [3.05, 3.63) is 0 Å². The second-order valence-electron chi connectivity index (χ2n) is 3.69. The molecule has 10 heavy (non-hydrogen) atoms. The van der Waals surface area contributed by atoms with Gasteiger partial charge in [0, 0.05) is 5.41 Å². The zero-order chi connectivity index (χ0) is 8.58. The lowest BCUT2D eigenvalue weighted by Gasteiger charge is -2.35.